The fourth-order valence-electron chi connectivity index (χ4n) is 5.85. The second-order valence-electron chi connectivity index (χ2n) is 11.6. The van der Waals surface area contributed by atoms with Crippen LogP contribution in [0.25, 0.3) is 54.6 Å². The Morgan fingerprint density at radius 1 is 0.436 bits per heavy atom. The van der Waals surface area contributed by atoms with Crippen molar-refractivity contribution in [3.05, 3.63) is 115 Å². The maximum Gasteiger partial charge on any atom is 0.494 e. The summed E-state index contributed by atoms with van der Waals surface area (Å²) in [7, 11) is -0.363. The third kappa shape index (κ3) is 3.88. The van der Waals surface area contributed by atoms with E-state index in [9.17, 15) is 0 Å². The second-order valence-corrected chi connectivity index (χ2v) is 11.6. The minimum absolute atomic E-state index is 0.357. The maximum atomic E-state index is 6.30. The van der Waals surface area contributed by atoms with E-state index in [1.807, 2.05) is 0 Å². The van der Waals surface area contributed by atoms with Crippen molar-refractivity contribution in [2.45, 2.75) is 38.9 Å². The van der Waals surface area contributed by atoms with Gasteiger partial charge in [-0.2, -0.15) is 0 Å². The molecule has 0 saturated carbocycles. The molecule has 3 heteroatoms. The fourth-order valence-corrected chi connectivity index (χ4v) is 5.85. The Kier molecular flexibility index (Phi) is 5.45. The quantitative estimate of drug-likeness (QED) is 0.176. The summed E-state index contributed by atoms with van der Waals surface area (Å²) in [6, 6.07) is 41.7. The van der Waals surface area contributed by atoms with Crippen LogP contribution < -0.4 is 5.46 Å². The van der Waals surface area contributed by atoms with Gasteiger partial charge in [0.15, 0.2) is 0 Å². The molecule has 0 atom stereocenters. The summed E-state index contributed by atoms with van der Waals surface area (Å²) in [6.45, 7) is 8.37. The van der Waals surface area contributed by atoms with Crippen molar-refractivity contribution in [2.24, 2.45) is 0 Å². The van der Waals surface area contributed by atoms with Crippen molar-refractivity contribution in [3.8, 4) is 22.3 Å². The molecule has 1 heterocycles. The largest absolute Gasteiger partial charge is 0.494 e. The Morgan fingerprint density at radius 3 is 1.33 bits per heavy atom. The van der Waals surface area contributed by atoms with Crippen molar-refractivity contribution >= 4 is 44.9 Å². The van der Waals surface area contributed by atoms with E-state index in [2.05, 4.69) is 143 Å². The van der Waals surface area contributed by atoms with Crippen LogP contribution in [-0.4, -0.2) is 18.3 Å². The standard InChI is InChI=1S/C36H31BO2/c1-35(2)36(3,4)39-37(38-35)26-20-18-25(19-21-26)32-23-34-29-16-10-8-14-27(29)31(24-12-6-5-7-13-24)22-33(34)30-17-11-9-15-28(30)32/h5-23H,1-4H3. The fraction of sp³-hybridized carbons (Fsp3) is 0.167. The highest BCUT2D eigenvalue weighted by Gasteiger charge is 2.51. The topological polar surface area (TPSA) is 18.5 Å². The minimum atomic E-state index is -0.363. The van der Waals surface area contributed by atoms with Gasteiger partial charge in [-0.05, 0) is 99.9 Å². The first kappa shape index (κ1) is 24.1. The lowest BCUT2D eigenvalue weighted by Gasteiger charge is -2.32. The molecule has 7 rings (SSSR count). The molecule has 0 N–H and O–H groups in total. The highest BCUT2D eigenvalue weighted by atomic mass is 16.7. The van der Waals surface area contributed by atoms with E-state index < -0.39 is 0 Å². The van der Waals surface area contributed by atoms with Crippen molar-refractivity contribution < 1.29 is 9.31 Å². The van der Waals surface area contributed by atoms with Crippen LogP contribution in [-0.2, 0) is 9.31 Å². The number of benzene rings is 6. The summed E-state index contributed by atoms with van der Waals surface area (Å²) in [6.07, 6.45) is 0. The zero-order valence-electron chi connectivity index (χ0n) is 22.9. The predicted molar refractivity (Wildman–Crippen MR) is 166 cm³/mol. The Morgan fingerprint density at radius 2 is 0.846 bits per heavy atom. The summed E-state index contributed by atoms with van der Waals surface area (Å²) < 4.78 is 12.6. The molecule has 6 aromatic carbocycles. The predicted octanol–water partition coefficient (Wildman–Crippen LogP) is 8.78. The molecule has 190 valence electrons. The van der Waals surface area contributed by atoms with Gasteiger partial charge in [-0.15, -0.1) is 0 Å². The number of rotatable bonds is 3. The average Bonchev–Trinajstić information content (AvgIpc) is 3.19. The van der Waals surface area contributed by atoms with Crippen LogP contribution in [0.2, 0.25) is 0 Å². The Bertz CT molecular complexity index is 1840. The number of fused-ring (bicyclic) bond motifs is 5. The second kappa shape index (κ2) is 8.81. The van der Waals surface area contributed by atoms with Gasteiger partial charge in [0.25, 0.3) is 0 Å². The van der Waals surface area contributed by atoms with Crippen LogP contribution in [0, 0.1) is 0 Å². The Hall–Kier alpha value is -3.92. The molecule has 1 saturated heterocycles. The van der Waals surface area contributed by atoms with Crippen LogP contribution >= 0.6 is 0 Å². The van der Waals surface area contributed by atoms with Crippen LogP contribution in [0.5, 0.6) is 0 Å². The summed E-state index contributed by atoms with van der Waals surface area (Å²) >= 11 is 0. The Balaban J connectivity index is 1.42. The monoisotopic (exact) mass is 506 g/mol. The summed E-state index contributed by atoms with van der Waals surface area (Å²) in [5.41, 5.74) is 5.25. The third-order valence-corrected chi connectivity index (χ3v) is 8.71. The van der Waals surface area contributed by atoms with Crippen molar-refractivity contribution in [2.75, 3.05) is 0 Å². The van der Waals surface area contributed by atoms with Crippen molar-refractivity contribution in [1.29, 1.82) is 0 Å². The zero-order valence-corrected chi connectivity index (χ0v) is 22.9. The smallest absolute Gasteiger partial charge is 0.399 e. The molecule has 2 nitrogen and oxygen atoms in total. The molecule has 1 aliphatic rings. The summed E-state index contributed by atoms with van der Waals surface area (Å²) in [5.74, 6) is 0. The van der Waals surface area contributed by atoms with E-state index >= 15 is 0 Å². The zero-order chi connectivity index (χ0) is 26.8. The molecule has 0 unspecified atom stereocenters. The minimum Gasteiger partial charge on any atom is -0.399 e. The molecule has 1 aliphatic heterocycles. The van der Waals surface area contributed by atoms with E-state index in [4.69, 9.17) is 9.31 Å². The van der Waals surface area contributed by atoms with E-state index in [1.54, 1.807) is 0 Å². The van der Waals surface area contributed by atoms with Gasteiger partial charge in [0, 0.05) is 0 Å². The lowest BCUT2D eigenvalue weighted by molar-refractivity contribution is 0.00578. The highest BCUT2D eigenvalue weighted by molar-refractivity contribution is 6.62. The molecule has 39 heavy (non-hydrogen) atoms. The molecule has 0 bridgehead atoms. The van der Waals surface area contributed by atoms with Gasteiger partial charge in [-0.25, -0.2) is 0 Å². The molecule has 0 aromatic heterocycles. The first-order valence-corrected chi connectivity index (χ1v) is 13.7. The van der Waals surface area contributed by atoms with Gasteiger partial charge >= 0.3 is 7.12 Å². The molecule has 0 radical (unpaired) electrons. The number of hydrogen-bond donors (Lipinski definition) is 0. The normalized spacial score (nSPS) is 16.4. The Labute approximate surface area is 230 Å². The van der Waals surface area contributed by atoms with Gasteiger partial charge in [-0.1, -0.05) is 103 Å². The third-order valence-electron chi connectivity index (χ3n) is 8.71. The van der Waals surface area contributed by atoms with Gasteiger partial charge in [0.05, 0.1) is 11.2 Å². The molecule has 0 amide bonds. The molecule has 0 aliphatic carbocycles. The van der Waals surface area contributed by atoms with Gasteiger partial charge in [0.1, 0.15) is 0 Å². The van der Waals surface area contributed by atoms with Gasteiger partial charge in [-0.3, -0.25) is 0 Å². The van der Waals surface area contributed by atoms with Crippen LogP contribution in [0.15, 0.2) is 115 Å². The molecular weight excluding hydrogens is 475 g/mol. The van der Waals surface area contributed by atoms with Crippen LogP contribution in [0.4, 0.5) is 0 Å². The van der Waals surface area contributed by atoms with Crippen molar-refractivity contribution in [3.63, 3.8) is 0 Å². The van der Waals surface area contributed by atoms with E-state index in [-0.39, 0.29) is 18.3 Å². The molecule has 1 fully saturated rings. The summed E-state index contributed by atoms with van der Waals surface area (Å²) in [4.78, 5) is 0. The highest BCUT2D eigenvalue weighted by Crippen LogP contribution is 2.42. The first-order chi connectivity index (χ1) is 18.8. The lowest BCUT2D eigenvalue weighted by atomic mass is 9.78. The summed E-state index contributed by atoms with van der Waals surface area (Å²) in [5, 5.41) is 7.61. The van der Waals surface area contributed by atoms with Crippen LogP contribution in [0.1, 0.15) is 27.7 Å². The maximum absolute atomic E-state index is 6.30. The first-order valence-electron chi connectivity index (χ1n) is 13.7. The molecular formula is C36H31BO2. The molecule has 0 spiro atoms. The molecule has 6 aromatic rings. The SMILES string of the molecule is CC1(C)OB(c2ccc(-c3cc4c5ccccc5c(-c5ccccc5)cc4c4ccccc34)cc2)OC1(C)C. The van der Waals surface area contributed by atoms with Crippen molar-refractivity contribution in [1.82, 2.24) is 0 Å². The number of hydrogen-bond acceptors (Lipinski definition) is 2. The van der Waals surface area contributed by atoms with E-state index in [0.717, 1.165) is 5.46 Å². The van der Waals surface area contributed by atoms with E-state index in [1.165, 1.54) is 54.6 Å². The van der Waals surface area contributed by atoms with Gasteiger partial charge < -0.3 is 9.31 Å². The lowest BCUT2D eigenvalue weighted by Crippen LogP contribution is -2.41. The van der Waals surface area contributed by atoms with Gasteiger partial charge in [0.2, 0.25) is 0 Å². The average molecular weight is 506 g/mol. The van der Waals surface area contributed by atoms with Crippen LogP contribution in [0.3, 0.4) is 0 Å². The van der Waals surface area contributed by atoms with E-state index in [0.29, 0.717) is 0 Å².